The van der Waals surface area contributed by atoms with Crippen molar-refractivity contribution in [2.45, 2.75) is 39.0 Å². The van der Waals surface area contributed by atoms with Crippen LogP contribution in [0.25, 0.3) is 11.1 Å². The molecule has 0 aliphatic carbocycles. The lowest BCUT2D eigenvalue weighted by Crippen LogP contribution is -2.27. The number of carboxylic acids is 2. The monoisotopic (exact) mass is 525 g/mol. The highest BCUT2D eigenvalue weighted by Gasteiger charge is 2.23. The number of halogens is 1. The van der Waals surface area contributed by atoms with Gasteiger partial charge in [-0.25, -0.2) is 9.59 Å². The third-order valence-electron chi connectivity index (χ3n) is 6.30. The number of benzene rings is 3. The fourth-order valence-electron chi connectivity index (χ4n) is 4.51. The van der Waals surface area contributed by atoms with Gasteiger partial charge in [-0.2, -0.15) is 0 Å². The van der Waals surface area contributed by atoms with Crippen LogP contribution in [0.3, 0.4) is 0 Å². The van der Waals surface area contributed by atoms with Gasteiger partial charge in [0, 0.05) is 48.6 Å². The molecule has 7 nitrogen and oxygen atoms in total. The van der Waals surface area contributed by atoms with Crippen molar-refractivity contribution in [2.75, 3.05) is 25.7 Å². The Balaban J connectivity index is 0.000000206. The summed E-state index contributed by atoms with van der Waals surface area (Å²) in [6, 6.07) is 18.2. The van der Waals surface area contributed by atoms with E-state index in [2.05, 4.69) is 11.8 Å². The van der Waals surface area contributed by atoms with E-state index in [1.54, 1.807) is 50.6 Å². The van der Waals surface area contributed by atoms with Crippen molar-refractivity contribution in [3.8, 4) is 11.1 Å². The molecular weight excluding hydrogens is 494 g/mol. The molecule has 1 fully saturated rings. The lowest BCUT2D eigenvalue weighted by Gasteiger charge is -2.26. The average molecular weight is 526 g/mol. The number of aromatic carboxylic acids is 2. The SMILES string of the molecule is COCc1cc(C(=O)O)ccc1-c1ccccc1Cl.COCc1cc(C(=O)O)ccc1N1CCCC1C. The molecule has 0 bridgehead atoms. The molecule has 8 heteroatoms. The summed E-state index contributed by atoms with van der Waals surface area (Å²) in [7, 11) is 3.20. The van der Waals surface area contributed by atoms with Gasteiger partial charge in [0.1, 0.15) is 0 Å². The number of hydrogen-bond acceptors (Lipinski definition) is 5. The van der Waals surface area contributed by atoms with Gasteiger partial charge in [-0.1, -0.05) is 35.9 Å². The maximum absolute atomic E-state index is 11.0. The summed E-state index contributed by atoms with van der Waals surface area (Å²) < 4.78 is 10.3. The predicted molar refractivity (Wildman–Crippen MR) is 145 cm³/mol. The van der Waals surface area contributed by atoms with Gasteiger partial charge >= 0.3 is 11.9 Å². The van der Waals surface area contributed by atoms with Crippen LogP contribution in [0.5, 0.6) is 0 Å². The zero-order valence-electron chi connectivity index (χ0n) is 21.2. The second kappa shape index (κ2) is 13.2. The summed E-state index contributed by atoms with van der Waals surface area (Å²) in [5, 5.41) is 18.7. The number of anilines is 1. The number of carbonyl (C=O) groups is 2. The Hall–Kier alpha value is -3.39. The lowest BCUT2D eigenvalue weighted by molar-refractivity contribution is 0.0685. The van der Waals surface area contributed by atoms with E-state index in [1.165, 1.54) is 12.8 Å². The number of ether oxygens (including phenoxy) is 2. The summed E-state index contributed by atoms with van der Waals surface area (Å²) >= 11 is 6.18. The lowest BCUT2D eigenvalue weighted by atomic mass is 9.98. The van der Waals surface area contributed by atoms with Crippen LogP contribution < -0.4 is 4.90 Å². The van der Waals surface area contributed by atoms with Crippen LogP contribution in [0.2, 0.25) is 5.02 Å². The Labute approximate surface area is 222 Å². The summed E-state index contributed by atoms with van der Waals surface area (Å²) in [5.74, 6) is -1.85. The molecule has 1 unspecified atom stereocenters. The molecule has 1 aliphatic heterocycles. The van der Waals surface area contributed by atoms with E-state index >= 15 is 0 Å². The van der Waals surface area contributed by atoms with Crippen molar-refractivity contribution in [1.29, 1.82) is 0 Å². The van der Waals surface area contributed by atoms with Crippen LogP contribution in [0.15, 0.2) is 60.7 Å². The van der Waals surface area contributed by atoms with E-state index in [9.17, 15) is 9.59 Å². The van der Waals surface area contributed by atoms with Crippen molar-refractivity contribution in [1.82, 2.24) is 0 Å². The highest BCUT2D eigenvalue weighted by atomic mass is 35.5. The molecule has 0 aromatic heterocycles. The molecule has 3 aromatic rings. The van der Waals surface area contributed by atoms with Gasteiger partial charge in [-0.3, -0.25) is 0 Å². The molecule has 1 atom stereocenters. The van der Waals surface area contributed by atoms with E-state index in [1.807, 2.05) is 24.3 Å². The minimum absolute atomic E-state index is 0.239. The van der Waals surface area contributed by atoms with Gasteiger partial charge in [0.25, 0.3) is 0 Å². The van der Waals surface area contributed by atoms with Gasteiger partial charge in [-0.15, -0.1) is 0 Å². The zero-order valence-corrected chi connectivity index (χ0v) is 22.0. The van der Waals surface area contributed by atoms with Gasteiger partial charge in [0.2, 0.25) is 0 Å². The van der Waals surface area contributed by atoms with E-state index in [4.69, 9.17) is 31.3 Å². The Morgan fingerprint density at radius 3 is 2.05 bits per heavy atom. The highest BCUT2D eigenvalue weighted by Crippen LogP contribution is 2.32. The Morgan fingerprint density at radius 1 is 0.892 bits per heavy atom. The van der Waals surface area contributed by atoms with Crippen molar-refractivity contribution < 1.29 is 29.3 Å². The van der Waals surface area contributed by atoms with Gasteiger partial charge in [0.15, 0.2) is 0 Å². The summed E-state index contributed by atoms with van der Waals surface area (Å²) in [5.41, 5.74) is 5.17. The van der Waals surface area contributed by atoms with Gasteiger partial charge < -0.3 is 24.6 Å². The summed E-state index contributed by atoms with van der Waals surface area (Å²) in [6.07, 6.45) is 2.38. The summed E-state index contributed by atoms with van der Waals surface area (Å²) in [4.78, 5) is 24.3. The van der Waals surface area contributed by atoms with Crippen LogP contribution >= 0.6 is 11.6 Å². The maximum atomic E-state index is 11.0. The normalized spacial score (nSPS) is 14.7. The highest BCUT2D eigenvalue weighted by molar-refractivity contribution is 6.33. The van der Waals surface area contributed by atoms with Crippen LogP contribution in [0.4, 0.5) is 5.69 Å². The third kappa shape index (κ3) is 7.10. The number of hydrogen-bond donors (Lipinski definition) is 2. The number of carboxylic acid groups (broad SMARTS) is 2. The fraction of sp³-hybridized carbons (Fsp3) is 0.310. The van der Waals surface area contributed by atoms with Crippen molar-refractivity contribution in [3.63, 3.8) is 0 Å². The molecule has 4 rings (SSSR count). The second-order valence-corrected chi connectivity index (χ2v) is 9.26. The third-order valence-corrected chi connectivity index (χ3v) is 6.63. The van der Waals surface area contributed by atoms with Crippen LogP contribution in [0, 0.1) is 0 Å². The Bertz CT molecular complexity index is 1240. The molecule has 3 aromatic carbocycles. The smallest absolute Gasteiger partial charge is 0.335 e. The number of rotatable bonds is 8. The second-order valence-electron chi connectivity index (χ2n) is 8.86. The average Bonchev–Trinajstić information content (AvgIpc) is 3.30. The fourth-order valence-corrected chi connectivity index (χ4v) is 4.74. The molecule has 1 saturated heterocycles. The zero-order chi connectivity index (χ0) is 26.9. The summed E-state index contributed by atoms with van der Waals surface area (Å²) in [6.45, 7) is 4.01. The minimum atomic E-state index is -0.955. The molecule has 0 saturated carbocycles. The molecular formula is C29H32ClNO6. The topological polar surface area (TPSA) is 96.3 Å². The van der Waals surface area contributed by atoms with Crippen molar-refractivity contribution in [2.24, 2.45) is 0 Å². The Morgan fingerprint density at radius 2 is 1.49 bits per heavy atom. The Kier molecular flexibility index (Phi) is 10.1. The van der Waals surface area contributed by atoms with E-state index in [0.29, 0.717) is 29.8 Å². The van der Waals surface area contributed by atoms with Crippen LogP contribution in [-0.2, 0) is 22.7 Å². The maximum Gasteiger partial charge on any atom is 0.335 e. The molecule has 0 radical (unpaired) electrons. The molecule has 37 heavy (non-hydrogen) atoms. The van der Waals surface area contributed by atoms with Crippen molar-refractivity contribution >= 4 is 29.2 Å². The number of methoxy groups -OCH3 is 2. The van der Waals surface area contributed by atoms with Crippen LogP contribution in [-0.4, -0.2) is 49.0 Å². The standard InChI is InChI=1S/C15H13ClO3.C14H19NO3/c1-19-9-11-8-10(15(17)18)6-7-12(11)13-4-2-3-5-14(13)16;1-10-4-3-7-15(10)13-6-5-11(14(16)17)8-12(13)9-18-2/h2-8H,9H2,1H3,(H,17,18);5-6,8,10H,3-4,7,9H2,1-2H3,(H,16,17). The van der Waals surface area contributed by atoms with E-state index < -0.39 is 11.9 Å². The van der Waals surface area contributed by atoms with Gasteiger partial charge in [0.05, 0.1) is 24.3 Å². The molecule has 1 heterocycles. The first-order valence-electron chi connectivity index (χ1n) is 12.0. The largest absolute Gasteiger partial charge is 0.478 e. The molecule has 2 N–H and O–H groups in total. The quantitative estimate of drug-likeness (QED) is 0.352. The van der Waals surface area contributed by atoms with Crippen LogP contribution in [0.1, 0.15) is 51.6 Å². The first-order valence-corrected chi connectivity index (χ1v) is 12.4. The van der Waals surface area contributed by atoms with Crippen molar-refractivity contribution in [3.05, 3.63) is 87.9 Å². The number of nitrogens with zero attached hydrogens (tertiary/aromatic N) is 1. The molecule has 196 valence electrons. The molecule has 1 aliphatic rings. The van der Waals surface area contributed by atoms with Gasteiger partial charge in [-0.05, 0) is 67.3 Å². The first-order chi connectivity index (χ1) is 17.8. The minimum Gasteiger partial charge on any atom is -0.478 e. The molecule has 0 spiro atoms. The molecule has 0 amide bonds. The first kappa shape index (κ1) is 28.2. The van der Waals surface area contributed by atoms with E-state index in [-0.39, 0.29) is 5.56 Å². The van der Waals surface area contributed by atoms with E-state index in [0.717, 1.165) is 34.5 Å². The predicted octanol–water partition coefficient (Wildman–Crippen LogP) is 6.37.